The highest BCUT2D eigenvalue weighted by molar-refractivity contribution is 6.28. The Morgan fingerprint density at radius 1 is 1.07 bits per heavy atom. The maximum Gasteiger partial charge on any atom is 0.227 e. The van der Waals surface area contributed by atoms with Crippen molar-refractivity contribution >= 4 is 17.5 Å². The molecule has 0 fully saturated rings. The van der Waals surface area contributed by atoms with Gasteiger partial charge in [-0.05, 0) is 18.5 Å². The molecule has 0 saturated heterocycles. The van der Waals surface area contributed by atoms with E-state index < -0.39 is 0 Å². The SMILES string of the molecule is Cc1ccc(-c2nc(N)nc(Cl)n2)cc1. The summed E-state index contributed by atoms with van der Waals surface area (Å²) in [5.74, 6) is 0.623. The Kier molecular flexibility index (Phi) is 2.51. The van der Waals surface area contributed by atoms with E-state index in [4.69, 9.17) is 17.3 Å². The van der Waals surface area contributed by atoms with Gasteiger partial charge in [0.2, 0.25) is 11.2 Å². The zero-order valence-corrected chi connectivity index (χ0v) is 8.86. The first-order chi connectivity index (χ1) is 7.15. The Labute approximate surface area is 92.2 Å². The van der Waals surface area contributed by atoms with Crippen molar-refractivity contribution in [1.82, 2.24) is 15.0 Å². The standard InChI is InChI=1S/C10H9ClN4/c1-6-2-4-7(5-3-6)8-13-9(11)15-10(12)14-8/h2-5H,1H3,(H2,12,13,14,15). The fourth-order valence-corrected chi connectivity index (χ4v) is 1.36. The maximum atomic E-state index is 5.69. The molecule has 2 N–H and O–H groups in total. The van der Waals surface area contributed by atoms with E-state index in [9.17, 15) is 0 Å². The van der Waals surface area contributed by atoms with Crippen molar-refractivity contribution < 1.29 is 0 Å². The minimum atomic E-state index is 0.109. The van der Waals surface area contributed by atoms with E-state index in [1.54, 1.807) is 0 Å². The summed E-state index contributed by atoms with van der Waals surface area (Å²) >= 11 is 5.69. The number of rotatable bonds is 1. The van der Waals surface area contributed by atoms with Gasteiger partial charge in [0.1, 0.15) is 0 Å². The molecule has 0 saturated carbocycles. The molecule has 1 aromatic carbocycles. The number of aromatic nitrogens is 3. The summed E-state index contributed by atoms with van der Waals surface area (Å²) in [5.41, 5.74) is 7.52. The first-order valence-electron chi connectivity index (χ1n) is 4.39. The number of aryl methyl sites for hydroxylation is 1. The van der Waals surface area contributed by atoms with Crippen molar-refractivity contribution in [3.05, 3.63) is 35.1 Å². The lowest BCUT2D eigenvalue weighted by Crippen LogP contribution is -1.99. The average Bonchev–Trinajstić information content (AvgIpc) is 2.17. The molecule has 15 heavy (non-hydrogen) atoms. The highest BCUT2D eigenvalue weighted by atomic mass is 35.5. The van der Waals surface area contributed by atoms with Crippen LogP contribution in [0.25, 0.3) is 11.4 Å². The molecular weight excluding hydrogens is 212 g/mol. The summed E-state index contributed by atoms with van der Waals surface area (Å²) in [7, 11) is 0. The second kappa shape index (κ2) is 3.82. The lowest BCUT2D eigenvalue weighted by Gasteiger charge is -2.01. The van der Waals surface area contributed by atoms with Gasteiger partial charge >= 0.3 is 0 Å². The molecule has 76 valence electrons. The fourth-order valence-electron chi connectivity index (χ4n) is 1.20. The van der Waals surface area contributed by atoms with E-state index >= 15 is 0 Å². The number of hydrogen-bond donors (Lipinski definition) is 1. The van der Waals surface area contributed by atoms with Gasteiger partial charge in [-0.25, -0.2) is 0 Å². The number of anilines is 1. The van der Waals surface area contributed by atoms with Gasteiger partial charge in [0.25, 0.3) is 0 Å². The summed E-state index contributed by atoms with van der Waals surface area (Å²) in [6.07, 6.45) is 0. The van der Waals surface area contributed by atoms with E-state index in [-0.39, 0.29) is 11.2 Å². The van der Waals surface area contributed by atoms with Crippen molar-refractivity contribution in [3.63, 3.8) is 0 Å². The summed E-state index contributed by atoms with van der Waals surface area (Å²) in [6, 6.07) is 7.79. The zero-order chi connectivity index (χ0) is 10.8. The van der Waals surface area contributed by atoms with Crippen LogP contribution < -0.4 is 5.73 Å². The molecule has 0 aliphatic carbocycles. The summed E-state index contributed by atoms with van der Waals surface area (Å²) in [5, 5.41) is 0.109. The molecule has 1 heterocycles. The lowest BCUT2D eigenvalue weighted by atomic mass is 10.1. The number of hydrogen-bond acceptors (Lipinski definition) is 4. The molecule has 0 unspecified atom stereocenters. The van der Waals surface area contributed by atoms with Gasteiger partial charge in [-0.15, -0.1) is 0 Å². The quantitative estimate of drug-likeness (QED) is 0.799. The van der Waals surface area contributed by atoms with Crippen molar-refractivity contribution in [1.29, 1.82) is 0 Å². The Balaban J connectivity index is 2.49. The summed E-state index contributed by atoms with van der Waals surface area (Å²) in [6.45, 7) is 2.01. The van der Waals surface area contributed by atoms with Crippen LogP contribution >= 0.6 is 11.6 Å². The van der Waals surface area contributed by atoms with Gasteiger partial charge in [-0.3, -0.25) is 0 Å². The van der Waals surface area contributed by atoms with Gasteiger partial charge in [-0.1, -0.05) is 29.8 Å². The molecule has 0 aliphatic heterocycles. The molecule has 0 spiro atoms. The Morgan fingerprint density at radius 2 is 1.73 bits per heavy atom. The predicted molar refractivity (Wildman–Crippen MR) is 59.4 cm³/mol. The van der Waals surface area contributed by atoms with Crippen molar-refractivity contribution in [3.8, 4) is 11.4 Å². The summed E-state index contributed by atoms with van der Waals surface area (Å²) in [4.78, 5) is 11.7. The molecule has 1 aromatic heterocycles. The molecule has 0 radical (unpaired) electrons. The smallest absolute Gasteiger partial charge is 0.227 e. The first-order valence-corrected chi connectivity index (χ1v) is 4.77. The van der Waals surface area contributed by atoms with Crippen LogP contribution in [0.3, 0.4) is 0 Å². The van der Waals surface area contributed by atoms with Crippen molar-refractivity contribution in [2.75, 3.05) is 5.73 Å². The maximum absolute atomic E-state index is 5.69. The minimum Gasteiger partial charge on any atom is -0.368 e. The Morgan fingerprint density at radius 3 is 2.33 bits per heavy atom. The topological polar surface area (TPSA) is 64.7 Å². The van der Waals surface area contributed by atoms with Crippen LogP contribution in [-0.4, -0.2) is 15.0 Å². The third kappa shape index (κ3) is 2.22. The average molecular weight is 221 g/mol. The van der Waals surface area contributed by atoms with Crippen LogP contribution in [0.4, 0.5) is 5.95 Å². The zero-order valence-electron chi connectivity index (χ0n) is 8.11. The highest BCUT2D eigenvalue weighted by Crippen LogP contribution is 2.17. The molecule has 0 amide bonds. The molecule has 4 nitrogen and oxygen atoms in total. The van der Waals surface area contributed by atoms with Gasteiger partial charge < -0.3 is 5.73 Å². The lowest BCUT2D eigenvalue weighted by molar-refractivity contribution is 1.07. The van der Waals surface area contributed by atoms with E-state index in [1.807, 2.05) is 31.2 Å². The second-order valence-corrected chi connectivity index (χ2v) is 3.49. The molecule has 5 heteroatoms. The molecule has 0 aliphatic rings. The monoisotopic (exact) mass is 220 g/mol. The predicted octanol–water partition coefficient (Wildman–Crippen LogP) is 2.08. The van der Waals surface area contributed by atoms with Gasteiger partial charge in [-0.2, -0.15) is 15.0 Å². The fraction of sp³-hybridized carbons (Fsp3) is 0.100. The Hall–Kier alpha value is -1.68. The third-order valence-corrected chi connectivity index (χ3v) is 2.10. The number of nitrogens with zero attached hydrogens (tertiary/aromatic N) is 3. The van der Waals surface area contributed by atoms with Gasteiger partial charge in [0.15, 0.2) is 5.82 Å². The van der Waals surface area contributed by atoms with Crippen molar-refractivity contribution in [2.45, 2.75) is 6.92 Å². The minimum absolute atomic E-state index is 0.109. The van der Waals surface area contributed by atoms with E-state index in [0.29, 0.717) is 5.82 Å². The Bertz CT molecular complexity index is 461. The van der Waals surface area contributed by atoms with E-state index in [1.165, 1.54) is 5.56 Å². The second-order valence-electron chi connectivity index (χ2n) is 3.15. The van der Waals surface area contributed by atoms with E-state index in [0.717, 1.165) is 5.56 Å². The number of nitrogen functional groups attached to an aromatic ring is 1. The third-order valence-electron chi connectivity index (χ3n) is 1.94. The number of nitrogens with two attached hydrogens (primary N) is 1. The highest BCUT2D eigenvalue weighted by Gasteiger charge is 2.04. The normalized spacial score (nSPS) is 10.3. The van der Waals surface area contributed by atoms with Gasteiger partial charge in [0, 0.05) is 5.56 Å². The first kappa shape index (κ1) is 9.86. The number of benzene rings is 1. The van der Waals surface area contributed by atoms with Crippen LogP contribution in [0.1, 0.15) is 5.56 Å². The summed E-state index contributed by atoms with van der Waals surface area (Å²) < 4.78 is 0. The molecule has 0 atom stereocenters. The molecule has 2 aromatic rings. The number of halogens is 1. The van der Waals surface area contributed by atoms with Crippen LogP contribution in [0.2, 0.25) is 5.28 Å². The van der Waals surface area contributed by atoms with Crippen LogP contribution in [0, 0.1) is 6.92 Å². The van der Waals surface area contributed by atoms with Crippen LogP contribution in [0.15, 0.2) is 24.3 Å². The molecule has 2 rings (SSSR count). The van der Waals surface area contributed by atoms with Gasteiger partial charge in [0.05, 0.1) is 0 Å². The molecular formula is C10H9ClN4. The van der Waals surface area contributed by atoms with Crippen LogP contribution in [-0.2, 0) is 0 Å². The van der Waals surface area contributed by atoms with Crippen LogP contribution in [0.5, 0.6) is 0 Å². The van der Waals surface area contributed by atoms with Crippen molar-refractivity contribution in [2.24, 2.45) is 0 Å². The van der Waals surface area contributed by atoms with E-state index in [2.05, 4.69) is 15.0 Å². The molecule has 0 bridgehead atoms. The largest absolute Gasteiger partial charge is 0.368 e.